The minimum atomic E-state index is -0.963. The van der Waals surface area contributed by atoms with Crippen molar-refractivity contribution in [2.75, 3.05) is 11.9 Å². The number of halogens is 2. The average Bonchev–Trinajstić information content (AvgIpc) is 3.06. The number of aromatic hydroxyl groups is 1. The summed E-state index contributed by atoms with van der Waals surface area (Å²) in [6, 6.07) is 8.97. The molecule has 3 atom stereocenters. The molecule has 1 N–H and O–H groups in total. The highest BCUT2D eigenvalue weighted by Crippen LogP contribution is 2.58. The molecule has 5 rings (SSSR count). The van der Waals surface area contributed by atoms with E-state index in [0.29, 0.717) is 22.6 Å². The fraction of sp³-hybridized carbons (Fsp3) is 0.444. The van der Waals surface area contributed by atoms with Crippen molar-refractivity contribution >= 4 is 5.82 Å². The van der Waals surface area contributed by atoms with Gasteiger partial charge in [0.2, 0.25) is 0 Å². The maximum absolute atomic E-state index is 15.0. The smallest absolute Gasteiger partial charge is 0.253 e. The Balaban J connectivity index is 1.39. The van der Waals surface area contributed by atoms with Crippen LogP contribution in [0.25, 0.3) is 22.4 Å². The molecule has 8 heteroatoms. The molecule has 0 unspecified atom stereocenters. The summed E-state index contributed by atoms with van der Waals surface area (Å²) in [5, 5.41) is 19.3. The predicted octanol–water partition coefficient (Wildman–Crippen LogP) is 5.54. The lowest BCUT2D eigenvalue weighted by molar-refractivity contribution is 0.148. The van der Waals surface area contributed by atoms with Crippen LogP contribution in [-0.4, -0.2) is 33.0 Å². The Kier molecular flexibility index (Phi) is 5.65. The average molecular weight is 481 g/mol. The largest absolute Gasteiger partial charge is 0.507 e. The number of fused-ring (bicyclic) bond motifs is 2. The second-order valence-corrected chi connectivity index (χ2v) is 10.9. The lowest BCUT2D eigenvalue weighted by Crippen LogP contribution is -2.42. The van der Waals surface area contributed by atoms with Crippen molar-refractivity contribution in [2.45, 2.75) is 58.8 Å². The van der Waals surface area contributed by atoms with E-state index in [4.69, 9.17) is 0 Å². The van der Waals surface area contributed by atoms with Gasteiger partial charge in [-0.05, 0) is 78.8 Å². The third-order valence-electron chi connectivity index (χ3n) is 8.00. The van der Waals surface area contributed by atoms with Gasteiger partial charge in [0, 0.05) is 36.5 Å². The molecule has 1 aromatic carbocycles. The first-order valence-electron chi connectivity index (χ1n) is 12.0. The number of hydrogen-bond donors (Lipinski definition) is 1. The third kappa shape index (κ3) is 4.30. The van der Waals surface area contributed by atoms with E-state index in [0.717, 1.165) is 29.3 Å². The lowest BCUT2D eigenvalue weighted by Gasteiger charge is -2.44. The monoisotopic (exact) mass is 480 g/mol. The van der Waals surface area contributed by atoms with Crippen molar-refractivity contribution in [3.63, 3.8) is 0 Å². The number of phenolic OH excluding ortho intramolecular Hbond substituents is 1. The van der Waals surface area contributed by atoms with Crippen molar-refractivity contribution < 1.29 is 13.9 Å². The standard InChI is InChI=1S/C27H30F2N4O2/c1-26-7-8-27(2,15-26)14-18(13-26)32(3)24-5-4-22(30-31-24)20-11-21(29)19(12-23(20)34)17-6-9-33(16-28)25(35)10-17/h4-6,9-12,18,34H,7-8,13-16H2,1-3H3/t18-,26-,27+. The molecule has 2 heterocycles. The maximum Gasteiger partial charge on any atom is 0.253 e. The van der Waals surface area contributed by atoms with Crippen LogP contribution in [0.1, 0.15) is 46.0 Å². The summed E-state index contributed by atoms with van der Waals surface area (Å²) in [5.74, 6) is -0.0641. The van der Waals surface area contributed by atoms with Gasteiger partial charge in [-0.3, -0.25) is 9.36 Å². The number of anilines is 1. The minimum absolute atomic E-state index is 0.0487. The Morgan fingerprint density at radius 3 is 2.40 bits per heavy atom. The molecule has 2 aliphatic carbocycles. The Morgan fingerprint density at radius 2 is 1.80 bits per heavy atom. The topological polar surface area (TPSA) is 71.2 Å². The zero-order valence-electron chi connectivity index (χ0n) is 20.3. The number of hydrogen-bond acceptors (Lipinski definition) is 5. The molecule has 0 saturated heterocycles. The number of aromatic nitrogens is 3. The fourth-order valence-corrected chi connectivity index (χ4v) is 6.25. The number of rotatable bonds is 5. The second-order valence-electron chi connectivity index (χ2n) is 10.9. The van der Waals surface area contributed by atoms with Crippen molar-refractivity contribution in [1.82, 2.24) is 14.8 Å². The first-order chi connectivity index (χ1) is 16.6. The Bertz CT molecular complexity index is 1310. The third-order valence-corrected chi connectivity index (χ3v) is 8.00. The Labute approximate surface area is 203 Å². The van der Waals surface area contributed by atoms with E-state index in [1.54, 1.807) is 6.07 Å². The molecule has 2 bridgehead atoms. The normalized spacial score (nSPS) is 25.6. The van der Waals surface area contributed by atoms with Crippen molar-refractivity contribution in [1.29, 1.82) is 0 Å². The molecule has 0 aliphatic heterocycles. The SMILES string of the molecule is CN(c1ccc(-c2cc(F)c(-c3ccn(CF)c(=O)c3)cc2O)nn1)[C@H]1C[C@]2(C)CC[C@](C)(C1)C2. The highest BCUT2D eigenvalue weighted by molar-refractivity contribution is 5.74. The number of nitrogens with zero attached hydrogens (tertiary/aromatic N) is 4. The van der Waals surface area contributed by atoms with Crippen molar-refractivity contribution in [3.8, 4) is 28.1 Å². The number of alkyl halides is 1. The van der Waals surface area contributed by atoms with Crippen LogP contribution >= 0.6 is 0 Å². The molecule has 2 aromatic heterocycles. The summed E-state index contributed by atoms with van der Waals surface area (Å²) in [6.07, 6.45) is 7.34. The summed E-state index contributed by atoms with van der Waals surface area (Å²) in [5.41, 5.74) is 1.02. The maximum atomic E-state index is 15.0. The van der Waals surface area contributed by atoms with E-state index >= 15 is 0 Å². The van der Waals surface area contributed by atoms with Crippen LogP contribution in [0.3, 0.4) is 0 Å². The summed E-state index contributed by atoms with van der Waals surface area (Å²) in [7, 11) is 2.05. The molecule has 3 aromatic rings. The van der Waals surface area contributed by atoms with Crippen molar-refractivity contribution in [3.05, 3.63) is 58.8 Å². The second kappa shape index (κ2) is 8.43. The van der Waals surface area contributed by atoms with Gasteiger partial charge < -0.3 is 10.0 Å². The summed E-state index contributed by atoms with van der Waals surface area (Å²) in [6.45, 7) is 3.81. The molecule has 0 amide bonds. The van der Waals surface area contributed by atoms with Crippen LogP contribution in [0.4, 0.5) is 14.6 Å². The molecular formula is C27H30F2N4O2. The fourth-order valence-electron chi connectivity index (χ4n) is 6.25. The zero-order valence-corrected chi connectivity index (χ0v) is 20.3. The van der Waals surface area contributed by atoms with Gasteiger partial charge in [-0.25, -0.2) is 8.78 Å². The summed E-state index contributed by atoms with van der Waals surface area (Å²) in [4.78, 5) is 14.1. The molecule has 2 fully saturated rings. The minimum Gasteiger partial charge on any atom is -0.507 e. The molecule has 35 heavy (non-hydrogen) atoms. The molecule has 0 spiro atoms. The van der Waals surface area contributed by atoms with Crippen LogP contribution in [0.5, 0.6) is 5.75 Å². The first kappa shape index (κ1) is 23.5. The quantitative estimate of drug-likeness (QED) is 0.519. The molecule has 0 radical (unpaired) electrons. The first-order valence-corrected chi connectivity index (χ1v) is 12.0. The van der Waals surface area contributed by atoms with Crippen LogP contribution in [0.2, 0.25) is 0 Å². The summed E-state index contributed by atoms with van der Waals surface area (Å²) >= 11 is 0. The Hall–Kier alpha value is -3.29. The van der Waals surface area contributed by atoms with Gasteiger partial charge in [0.15, 0.2) is 12.6 Å². The van der Waals surface area contributed by atoms with Gasteiger partial charge in [-0.2, -0.15) is 0 Å². The van der Waals surface area contributed by atoms with Gasteiger partial charge in [0.1, 0.15) is 11.6 Å². The highest BCUT2D eigenvalue weighted by atomic mass is 19.1. The van der Waals surface area contributed by atoms with Gasteiger partial charge in [0.25, 0.3) is 5.56 Å². The predicted molar refractivity (Wildman–Crippen MR) is 131 cm³/mol. The van der Waals surface area contributed by atoms with Gasteiger partial charge >= 0.3 is 0 Å². The van der Waals surface area contributed by atoms with E-state index in [1.165, 1.54) is 43.7 Å². The highest BCUT2D eigenvalue weighted by Gasteiger charge is 2.50. The van der Waals surface area contributed by atoms with Crippen molar-refractivity contribution in [2.24, 2.45) is 10.8 Å². The van der Waals surface area contributed by atoms with E-state index in [9.17, 15) is 18.7 Å². The van der Waals surface area contributed by atoms with Crippen LogP contribution < -0.4 is 10.5 Å². The lowest BCUT2D eigenvalue weighted by atomic mass is 9.68. The van der Waals surface area contributed by atoms with E-state index in [2.05, 4.69) is 36.0 Å². The molecule has 184 valence electrons. The van der Waals surface area contributed by atoms with Gasteiger partial charge in [-0.1, -0.05) is 13.8 Å². The van der Waals surface area contributed by atoms with E-state index in [-0.39, 0.29) is 22.4 Å². The summed E-state index contributed by atoms with van der Waals surface area (Å²) < 4.78 is 28.6. The molecule has 2 aliphatic rings. The van der Waals surface area contributed by atoms with Crippen LogP contribution in [0.15, 0.2) is 47.4 Å². The molecule has 6 nitrogen and oxygen atoms in total. The number of phenols is 1. The number of pyridine rings is 1. The van der Waals surface area contributed by atoms with Crippen LogP contribution in [-0.2, 0) is 6.80 Å². The van der Waals surface area contributed by atoms with E-state index < -0.39 is 18.2 Å². The Morgan fingerprint density at radius 1 is 1.09 bits per heavy atom. The van der Waals surface area contributed by atoms with Gasteiger partial charge in [-0.15, -0.1) is 10.2 Å². The molecule has 2 saturated carbocycles. The van der Waals surface area contributed by atoms with E-state index in [1.807, 2.05) is 6.07 Å². The molecular weight excluding hydrogens is 450 g/mol. The van der Waals surface area contributed by atoms with Crippen LogP contribution in [0, 0.1) is 16.6 Å². The van der Waals surface area contributed by atoms with Gasteiger partial charge in [0.05, 0.1) is 5.69 Å². The number of benzene rings is 1. The zero-order chi connectivity index (χ0) is 25.0.